The van der Waals surface area contributed by atoms with E-state index in [0.717, 1.165) is 12.8 Å². The minimum atomic E-state index is -3.16. The van der Waals surface area contributed by atoms with Crippen LogP contribution in [0.1, 0.15) is 60.6 Å². The molecule has 1 heterocycles. The van der Waals surface area contributed by atoms with Crippen molar-refractivity contribution in [2.45, 2.75) is 63.0 Å². The van der Waals surface area contributed by atoms with Gasteiger partial charge in [0.1, 0.15) is 0 Å². The Hall–Kier alpha value is -2.68. The third-order valence-corrected chi connectivity index (χ3v) is 4.80. The molecule has 0 bridgehead atoms. The number of benzene rings is 1. The number of hydrogen-bond donors (Lipinski definition) is 2. The number of carbonyl (C=O) groups is 2. The second kappa shape index (κ2) is 8.77. The Bertz CT molecular complexity index is 852. The Morgan fingerprint density at radius 3 is 2.62 bits per heavy atom. The summed E-state index contributed by atoms with van der Waals surface area (Å²) in [6.07, 6.45) is 0.792. The van der Waals surface area contributed by atoms with Gasteiger partial charge in [-0.2, -0.15) is 4.98 Å². The summed E-state index contributed by atoms with van der Waals surface area (Å²) in [5.74, 6) is -4.03. The van der Waals surface area contributed by atoms with Crippen LogP contribution in [0.4, 0.5) is 8.78 Å². The second-order valence-corrected chi connectivity index (χ2v) is 7.39. The number of carbonyl (C=O) groups excluding carboxylic acids is 2. The lowest BCUT2D eigenvalue weighted by atomic mass is 10.00. The summed E-state index contributed by atoms with van der Waals surface area (Å²) in [4.78, 5) is 28.9. The van der Waals surface area contributed by atoms with Crippen molar-refractivity contribution in [2.24, 2.45) is 5.73 Å². The first-order chi connectivity index (χ1) is 13.8. The normalized spacial score (nSPS) is 16.3. The number of rotatable bonds is 10. The summed E-state index contributed by atoms with van der Waals surface area (Å²) in [5, 5.41) is 6.21. The maximum Gasteiger partial charge on any atom is 0.296 e. The molecule has 1 aliphatic rings. The lowest BCUT2D eigenvalue weighted by Gasteiger charge is -2.22. The molecular weight excluding hydrogens is 382 g/mol. The Labute approximate surface area is 167 Å². The number of nitrogens with one attached hydrogen (secondary N) is 1. The van der Waals surface area contributed by atoms with Gasteiger partial charge in [-0.3, -0.25) is 9.59 Å². The van der Waals surface area contributed by atoms with Crippen LogP contribution in [0.5, 0.6) is 0 Å². The lowest BCUT2D eigenvalue weighted by Crippen LogP contribution is -2.50. The summed E-state index contributed by atoms with van der Waals surface area (Å²) in [6, 6.07) is 5.82. The molecule has 0 radical (unpaired) electrons. The highest BCUT2D eigenvalue weighted by molar-refractivity contribution is 5.99. The van der Waals surface area contributed by atoms with Gasteiger partial charge >= 0.3 is 0 Å². The van der Waals surface area contributed by atoms with E-state index in [-0.39, 0.29) is 18.2 Å². The topological polar surface area (TPSA) is 111 Å². The van der Waals surface area contributed by atoms with Gasteiger partial charge in [0.15, 0.2) is 5.82 Å². The number of halogens is 2. The van der Waals surface area contributed by atoms with Crippen molar-refractivity contribution in [2.75, 3.05) is 0 Å². The van der Waals surface area contributed by atoms with Gasteiger partial charge in [-0.05, 0) is 24.8 Å². The van der Waals surface area contributed by atoms with Gasteiger partial charge < -0.3 is 15.6 Å². The van der Waals surface area contributed by atoms with Gasteiger partial charge in [0.2, 0.25) is 11.7 Å². The van der Waals surface area contributed by atoms with Crippen LogP contribution in [0.3, 0.4) is 0 Å². The molecule has 0 aliphatic heterocycles. The average molecular weight is 406 g/mol. The summed E-state index contributed by atoms with van der Waals surface area (Å²) in [5.41, 5.74) is 6.15. The second-order valence-electron chi connectivity index (χ2n) is 7.39. The van der Waals surface area contributed by atoms with E-state index in [4.69, 9.17) is 10.3 Å². The van der Waals surface area contributed by atoms with E-state index in [1.807, 2.05) is 0 Å². The fourth-order valence-corrected chi connectivity index (χ4v) is 3.00. The van der Waals surface area contributed by atoms with Crippen LogP contribution in [0.25, 0.3) is 0 Å². The molecule has 0 unspecified atom stereocenters. The molecule has 1 aliphatic carbocycles. The van der Waals surface area contributed by atoms with Gasteiger partial charge in [-0.25, -0.2) is 8.78 Å². The van der Waals surface area contributed by atoms with Gasteiger partial charge in [0.25, 0.3) is 11.8 Å². The first-order valence-corrected chi connectivity index (χ1v) is 9.64. The molecular formula is C20H24F2N4O3. The number of aromatic nitrogens is 2. The van der Waals surface area contributed by atoms with Crippen molar-refractivity contribution in [3.05, 3.63) is 47.6 Å². The van der Waals surface area contributed by atoms with Crippen LogP contribution >= 0.6 is 0 Å². The molecule has 1 aromatic heterocycles. The summed E-state index contributed by atoms with van der Waals surface area (Å²) >= 11 is 0. The van der Waals surface area contributed by atoms with Gasteiger partial charge in [-0.1, -0.05) is 42.4 Å². The minimum absolute atomic E-state index is 0.193. The summed E-state index contributed by atoms with van der Waals surface area (Å²) < 4.78 is 33.6. The lowest BCUT2D eigenvalue weighted by molar-refractivity contribution is -0.125. The predicted octanol–water partition coefficient (Wildman–Crippen LogP) is 2.62. The van der Waals surface area contributed by atoms with E-state index < -0.39 is 42.5 Å². The van der Waals surface area contributed by atoms with Crippen molar-refractivity contribution in [1.82, 2.24) is 15.5 Å². The molecule has 2 atom stereocenters. The number of Topliss-reactive ketones (excluding diaryl/α,β-unsaturated/α-hetero) is 1. The van der Waals surface area contributed by atoms with E-state index in [1.165, 1.54) is 0 Å². The van der Waals surface area contributed by atoms with E-state index in [9.17, 15) is 18.4 Å². The van der Waals surface area contributed by atoms with E-state index in [2.05, 4.69) is 15.5 Å². The highest BCUT2D eigenvalue weighted by atomic mass is 19.3. The van der Waals surface area contributed by atoms with Crippen molar-refractivity contribution in [1.29, 1.82) is 0 Å². The zero-order valence-corrected chi connectivity index (χ0v) is 16.1. The van der Waals surface area contributed by atoms with Crippen LogP contribution in [-0.2, 0) is 11.2 Å². The summed E-state index contributed by atoms with van der Waals surface area (Å²) in [6.45, 7) is 1.68. The molecule has 1 aromatic carbocycles. The van der Waals surface area contributed by atoms with Gasteiger partial charge in [-0.15, -0.1) is 0 Å². The highest BCUT2D eigenvalue weighted by Crippen LogP contribution is 2.38. The van der Waals surface area contributed by atoms with Crippen LogP contribution in [0.15, 0.2) is 34.9 Å². The molecule has 1 fully saturated rings. The maximum atomic E-state index is 14.3. The van der Waals surface area contributed by atoms with Crippen molar-refractivity contribution < 1.29 is 22.9 Å². The fourth-order valence-electron chi connectivity index (χ4n) is 3.00. The van der Waals surface area contributed by atoms with Crippen LogP contribution in [0.2, 0.25) is 0 Å². The third kappa shape index (κ3) is 5.66. The Morgan fingerprint density at radius 2 is 2.00 bits per heavy atom. The monoisotopic (exact) mass is 406 g/mol. The van der Waals surface area contributed by atoms with E-state index in [0.29, 0.717) is 11.4 Å². The molecule has 7 nitrogen and oxygen atoms in total. The molecule has 1 amide bonds. The molecule has 156 valence electrons. The molecule has 3 rings (SSSR count). The third-order valence-electron chi connectivity index (χ3n) is 4.80. The largest absolute Gasteiger partial charge is 0.344 e. The smallest absolute Gasteiger partial charge is 0.296 e. The molecule has 3 N–H and O–H groups in total. The van der Waals surface area contributed by atoms with Crippen molar-refractivity contribution in [3.63, 3.8) is 0 Å². The number of nitrogens with zero attached hydrogens (tertiary/aromatic N) is 2. The number of nitrogens with two attached hydrogens (primary N) is 1. The van der Waals surface area contributed by atoms with Crippen LogP contribution in [-0.4, -0.2) is 39.8 Å². The molecule has 1 saturated carbocycles. The van der Waals surface area contributed by atoms with E-state index >= 15 is 0 Å². The summed E-state index contributed by atoms with van der Waals surface area (Å²) in [7, 11) is 0. The number of amides is 1. The minimum Gasteiger partial charge on any atom is -0.344 e. The molecule has 29 heavy (non-hydrogen) atoms. The molecule has 0 spiro atoms. The molecule has 0 saturated heterocycles. The van der Waals surface area contributed by atoms with Crippen molar-refractivity contribution in [3.8, 4) is 0 Å². The maximum absolute atomic E-state index is 14.3. The number of alkyl halides is 2. The van der Waals surface area contributed by atoms with E-state index in [1.54, 1.807) is 37.3 Å². The number of hydrogen-bond acceptors (Lipinski definition) is 6. The predicted molar refractivity (Wildman–Crippen MR) is 101 cm³/mol. The quantitative estimate of drug-likeness (QED) is 0.587. The number of ketones is 1. The zero-order valence-electron chi connectivity index (χ0n) is 16.1. The zero-order chi connectivity index (χ0) is 21.0. The average Bonchev–Trinajstić information content (AvgIpc) is 3.42. The first kappa shape index (κ1) is 21.0. The highest BCUT2D eigenvalue weighted by Gasteiger charge is 2.36. The van der Waals surface area contributed by atoms with Crippen LogP contribution < -0.4 is 11.1 Å². The molecule has 2 aromatic rings. The van der Waals surface area contributed by atoms with Crippen LogP contribution in [0, 0.1) is 0 Å². The Kier molecular flexibility index (Phi) is 6.36. The van der Waals surface area contributed by atoms with Gasteiger partial charge in [0, 0.05) is 18.8 Å². The SMILES string of the molecule is CC[C@H](NC(=O)[C@@H](N)CC(F)(F)Cc1ccccc1)C(=O)c1nc(C2CC2)no1. The van der Waals surface area contributed by atoms with Gasteiger partial charge in [0.05, 0.1) is 12.1 Å². The fraction of sp³-hybridized carbons (Fsp3) is 0.500. The standard InChI is InChI=1S/C20H24F2N4O3/c1-2-15(16(27)19-25-17(26-29-19)13-8-9-13)24-18(28)14(23)11-20(21,22)10-12-6-4-3-5-7-12/h3-7,13-15H,2,8-11,23H2,1H3,(H,24,28)/t14-,15-/m0/s1. The Morgan fingerprint density at radius 1 is 1.31 bits per heavy atom. The molecule has 9 heteroatoms. The van der Waals surface area contributed by atoms with Crippen molar-refractivity contribution >= 4 is 11.7 Å². The Balaban J connectivity index is 1.56. The first-order valence-electron chi connectivity index (χ1n) is 9.64.